The van der Waals surface area contributed by atoms with Crippen molar-refractivity contribution in [3.63, 3.8) is 0 Å². The monoisotopic (exact) mass is 340 g/mol. The minimum atomic E-state index is -0.453. The third-order valence-corrected chi connectivity index (χ3v) is 5.17. The third-order valence-electron chi connectivity index (χ3n) is 5.17. The van der Waals surface area contributed by atoms with E-state index in [1.54, 1.807) is 0 Å². The van der Waals surface area contributed by atoms with Crippen molar-refractivity contribution in [2.24, 2.45) is 0 Å². The van der Waals surface area contributed by atoms with Gasteiger partial charge in [0.25, 0.3) is 0 Å². The lowest BCUT2D eigenvalue weighted by Crippen LogP contribution is -2.49. The Kier molecular flexibility index (Phi) is 3.68. The summed E-state index contributed by atoms with van der Waals surface area (Å²) < 4.78 is 5.40. The number of aromatic nitrogens is 2. The maximum atomic E-state index is 12.8. The van der Waals surface area contributed by atoms with E-state index in [0.29, 0.717) is 24.8 Å². The predicted octanol–water partition coefficient (Wildman–Crippen LogP) is 2.85. The molecule has 1 spiro atoms. The van der Waals surface area contributed by atoms with Crippen molar-refractivity contribution >= 4 is 11.6 Å². The first kappa shape index (κ1) is 16.3. The first-order chi connectivity index (χ1) is 11.9. The molecule has 6 heteroatoms. The van der Waals surface area contributed by atoms with Crippen molar-refractivity contribution in [2.45, 2.75) is 51.0 Å². The lowest BCUT2D eigenvalue weighted by Gasteiger charge is -2.38. The van der Waals surface area contributed by atoms with Crippen LogP contribution in [0.25, 0.3) is 0 Å². The lowest BCUT2D eigenvalue weighted by atomic mass is 9.75. The van der Waals surface area contributed by atoms with Crippen LogP contribution in [0.1, 0.15) is 50.9 Å². The maximum absolute atomic E-state index is 12.8. The molecule has 25 heavy (non-hydrogen) atoms. The minimum absolute atomic E-state index is 0.113. The maximum Gasteiger partial charge on any atom is 0.236 e. The zero-order chi connectivity index (χ0) is 17.7. The van der Waals surface area contributed by atoms with Crippen LogP contribution in [0.4, 0.5) is 5.69 Å². The van der Waals surface area contributed by atoms with E-state index in [-0.39, 0.29) is 11.3 Å². The number of para-hydroxylation sites is 1. The summed E-state index contributed by atoms with van der Waals surface area (Å²) in [7, 11) is 0. The standard InChI is InChI=1S/C19H24N4O2/c1-18(2,3)17-21-15(22-25-17)11-23-10-6-9-19(12-23)13-7-4-5-8-14(13)20-16(19)24/h4-5,7-8H,6,9-12H2,1-3H3,(H,20,24). The molecule has 1 atom stereocenters. The van der Waals surface area contributed by atoms with Gasteiger partial charge in [-0.05, 0) is 31.0 Å². The molecule has 2 aliphatic heterocycles. The molecule has 1 unspecified atom stereocenters. The first-order valence-electron chi connectivity index (χ1n) is 8.85. The summed E-state index contributed by atoms with van der Waals surface area (Å²) in [5.41, 5.74) is 1.46. The van der Waals surface area contributed by atoms with Gasteiger partial charge in [0.05, 0.1) is 12.0 Å². The number of hydrogen-bond acceptors (Lipinski definition) is 5. The second-order valence-electron chi connectivity index (χ2n) is 8.16. The Labute approximate surface area is 147 Å². The van der Waals surface area contributed by atoms with E-state index in [0.717, 1.165) is 30.6 Å². The number of nitrogens with one attached hydrogen (secondary N) is 1. The SMILES string of the molecule is CC(C)(C)c1nc(CN2CCCC3(C2)C(=O)Nc2ccccc23)no1. The summed E-state index contributed by atoms with van der Waals surface area (Å²) in [6.07, 6.45) is 1.86. The van der Waals surface area contributed by atoms with Crippen LogP contribution in [0.3, 0.4) is 0 Å². The van der Waals surface area contributed by atoms with Crippen molar-refractivity contribution in [1.29, 1.82) is 0 Å². The topological polar surface area (TPSA) is 71.3 Å². The Morgan fingerprint density at radius 2 is 2.12 bits per heavy atom. The molecule has 0 saturated carbocycles. The smallest absolute Gasteiger partial charge is 0.236 e. The van der Waals surface area contributed by atoms with Gasteiger partial charge in [0.1, 0.15) is 0 Å². The van der Waals surface area contributed by atoms with Gasteiger partial charge in [0.15, 0.2) is 5.82 Å². The highest BCUT2D eigenvalue weighted by Crippen LogP contribution is 2.43. The van der Waals surface area contributed by atoms with E-state index in [1.807, 2.05) is 18.2 Å². The average molecular weight is 340 g/mol. The summed E-state index contributed by atoms with van der Waals surface area (Å²) in [6, 6.07) is 8.03. The van der Waals surface area contributed by atoms with Gasteiger partial charge in [-0.15, -0.1) is 0 Å². The molecular formula is C19H24N4O2. The fraction of sp³-hybridized carbons (Fsp3) is 0.526. The number of amides is 1. The Hall–Kier alpha value is -2.21. The van der Waals surface area contributed by atoms with Crippen LogP contribution in [0.15, 0.2) is 28.8 Å². The lowest BCUT2D eigenvalue weighted by molar-refractivity contribution is -0.123. The van der Waals surface area contributed by atoms with E-state index < -0.39 is 5.41 Å². The number of likely N-dealkylation sites (tertiary alicyclic amines) is 1. The summed E-state index contributed by atoms with van der Waals surface area (Å²) in [5, 5.41) is 7.18. The summed E-state index contributed by atoms with van der Waals surface area (Å²) >= 11 is 0. The van der Waals surface area contributed by atoms with Gasteiger partial charge in [0, 0.05) is 17.6 Å². The number of benzene rings is 1. The fourth-order valence-corrected chi connectivity index (χ4v) is 3.88. The number of piperidine rings is 1. The zero-order valence-corrected chi connectivity index (χ0v) is 15.0. The average Bonchev–Trinajstić information content (AvgIpc) is 3.13. The number of carbonyl (C=O) groups excluding carboxylic acids is 1. The Morgan fingerprint density at radius 3 is 2.88 bits per heavy atom. The number of rotatable bonds is 2. The van der Waals surface area contributed by atoms with Crippen molar-refractivity contribution in [2.75, 3.05) is 18.4 Å². The molecule has 6 nitrogen and oxygen atoms in total. The third kappa shape index (κ3) is 2.74. The normalized spacial score (nSPS) is 23.7. The number of fused-ring (bicyclic) bond motifs is 2. The van der Waals surface area contributed by atoms with Crippen LogP contribution < -0.4 is 5.32 Å². The van der Waals surface area contributed by atoms with E-state index in [2.05, 4.69) is 47.2 Å². The highest BCUT2D eigenvalue weighted by Gasteiger charge is 2.49. The Balaban J connectivity index is 1.56. The van der Waals surface area contributed by atoms with Crippen molar-refractivity contribution in [3.05, 3.63) is 41.5 Å². The molecule has 132 valence electrons. The van der Waals surface area contributed by atoms with E-state index in [4.69, 9.17) is 4.52 Å². The molecule has 1 saturated heterocycles. The largest absolute Gasteiger partial charge is 0.339 e. The summed E-state index contributed by atoms with van der Waals surface area (Å²) in [4.78, 5) is 19.6. The van der Waals surface area contributed by atoms with Gasteiger partial charge in [-0.3, -0.25) is 9.69 Å². The second-order valence-corrected chi connectivity index (χ2v) is 8.16. The van der Waals surface area contributed by atoms with Crippen LogP contribution in [-0.2, 0) is 22.2 Å². The quantitative estimate of drug-likeness (QED) is 0.910. The number of hydrogen-bond donors (Lipinski definition) is 1. The molecule has 0 bridgehead atoms. The van der Waals surface area contributed by atoms with Crippen LogP contribution in [0.2, 0.25) is 0 Å². The molecule has 2 aliphatic rings. The molecule has 1 fully saturated rings. The number of nitrogens with zero attached hydrogens (tertiary/aromatic N) is 3. The van der Waals surface area contributed by atoms with Gasteiger partial charge >= 0.3 is 0 Å². The van der Waals surface area contributed by atoms with Gasteiger partial charge in [-0.25, -0.2) is 0 Å². The second kappa shape index (κ2) is 5.66. The van der Waals surface area contributed by atoms with Crippen LogP contribution in [-0.4, -0.2) is 34.0 Å². The van der Waals surface area contributed by atoms with Gasteiger partial charge in [-0.2, -0.15) is 4.98 Å². The van der Waals surface area contributed by atoms with Crippen LogP contribution in [0, 0.1) is 0 Å². The van der Waals surface area contributed by atoms with Gasteiger partial charge in [-0.1, -0.05) is 44.1 Å². The number of carbonyl (C=O) groups is 1. The first-order valence-corrected chi connectivity index (χ1v) is 8.85. The highest BCUT2D eigenvalue weighted by molar-refractivity contribution is 6.06. The molecule has 1 aromatic heterocycles. The van der Waals surface area contributed by atoms with Crippen molar-refractivity contribution < 1.29 is 9.32 Å². The van der Waals surface area contributed by atoms with Crippen molar-refractivity contribution in [3.8, 4) is 0 Å². The van der Waals surface area contributed by atoms with E-state index in [9.17, 15) is 4.79 Å². The van der Waals surface area contributed by atoms with Crippen LogP contribution in [0.5, 0.6) is 0 Å². The highest BCUT2D eigenvalue weighted by atomic mass is 16.5. The fourth-order valence-electron chi connectivity index (χ4n) is 3.88. The summed E-state index contributed by atoms with van der Waals surface area (Å²) in [6.45, 7) is 8.41. The van der Waals surface area contributed by atoms with E-state index >= 15 is 0 Å². The summed E-state index contributed by atoms with van der Waals surface area (Å²) in [5.74, 6) is 1.45. The Morgan fingerprint density at radius 1 is 1.32 bits per heavy atom. The van der Waals surface area contributed by atoms with Gasteiger partial charge < -0.3 is 9.84 Å². The number of anilines is 1. The van der Waals surface area contributed by atoms with E-state index in [1.165, 1.54) is 0 Å². The van der Waals surface area contributed by atoms with Gasteiger partial charge in [0.2, 0.25) is 11.8 Å². The molecule has 0 aliphatic carbocycles. The molecule has 4 rings (SSSR count). The van der Waals surface area contributed by atoms with Crippen molar-refractivity contribution in [1.82, 2.24) is 15.0 Å². The predicted molar refractivity (Wildman–Crippen MR) is 94.3 cm³/mol. The zero-order valence-electron chi connectivity index (χ0n) is 15.0. The molecule has 1 amide bonds. The molecule has 3 heterocycles. The molecule has 0 radical (unpaired) electrons. The Bertz CT molecular complexity index is 808. The molecular weight excluding hydrogens is 316 g/mol. The molecule has 1 N–H and O–H groups in total. The molecule has 1 aromatic carbocycles. The van der Waals surface area contributed by atoms with Crippen LogP contribution >= 0.6 is 0 Å². The minimum Gasteiger partial charge on any atom is -0.339 e. The molecule has 2 aromatic rings.